The van der Waals surface area contributed by atoms with Crippen LogP contribution in [0, 0.1) is 0 Å². The van der Waals surface area contributed by atoms with Crippen molar-refractivity contribution in [2.24, 2.45) is 40.1 Å². The van der Waals surface area contributed by atoms with E-state index in [0.29, 0.717) is 0 Å². The van der Waals surface area contributed by atoms with E-state index in [4.69, 9.17) is 37.6 Å². The molecule has 186 valence electrons. The second kappa shape index (κ2) is 20.4. The molecule has 0 aliphatic carbocycles. The molecule has 0 aromatic heterocycles. The first-order valence-electron chi connectivity index (χ1n) is 8.10. The second-order valence-corrected chi connectivity index (χ2v) is 5.44. The van der Waals surface area contributed by atoms with Crippen molar-refractivity contribution < 1.29 is 54.0 Å². The Morgan fingerprint density at radius 3 is 0.719 bits per heavy atom. The molecule has 32 heavy (non-hydrogen) atoms. The first-order valence-corrected chi connectivity index (χ1v) is 8.10. The third kappa shape index (κ3) is 33.7. The lowest BCUT2D eigenvalue weighted by Crippen LogP contribution is -2.34. The van der Waals surface area contributed by atoms with Crippen LogP contribution >= 0.6 is 0 Å². The molecular weight excluding hydrogens is 442 g/mol. The summed E-state index contributed by atoms with van der Waals surface area (Å²) in [5, 5.41) is 31.9. The van der Waals surface area contributed by atoms with Gasteiger partial charge < -0.3 is 60.6 Å². The fraction of sp³-hybridized carbons (Fsp3) is 0.500. The van der Waals surface area contributed by atoms with E-state index in [1.54, 1.807) is 0 Å². The summed E-state index contributed by atoms with van der Waals surface area (Å²) in [5.41, 5.74) is 33.3. The van der Waals surface area contributed by atoms with Crippen molar-refractivity contribution >= 4 is 41.6 Å². The van der Waals surface area contributed by atoms with Crippen molar-refractivity contribution in [1.29, 1.82) is 0 Å². The van der Waals surface area contributed by atoms with Gasteiger partial charge in [-0.05, 0) is 0 Å². The summed E-state index contributed by atoms with van der Waals surface area (Å²) in [7, 11) is 0. The maximum absolute atomic E-state index is 9.99. The molecule has 0 saturated heterocycles. The topological polar surface area (TPSA) is 383 Å². The van der Waals surface area contributed by atoms with E-state index in [-0.39, 0.29) is 25.8 Å². The molecule has 3 atom stereocenters. The third-order valence-corrected chi connectivity index (χ3v) is 2.39. The number of carboxylic acids is 4. The van der Waals surface area contributed by atoms with Crippen molar-refractivity contribution in [3.05, 3.63) is 0 Å². The van der Waals surface area contributed by atoms with Gasteiger partial charge in [-0.1, -0.05) is 0 Å². The molecule has 0 aromatic carbocycles. The number of aliphatic carboxylic acids is 4. The standard InChI is InChI=1S/3C4H8N2O3.C2H5NO2/c3*5-2(4(8)9)1-3(6)7;3-1-2(4)5/h3*2H,1,5H2,(H2,6,7)(H,8,9);1,3H2,(H,4,5)/t3*2-;/m000./s1. The second-order valence-electron chi connectivity index (χ2n) is 5.44. The molecule has 18 heteroatoms. The summed E-state index contributed by atoms with van der Waals surface area (Å²) in [4.78, 5) is 68.9. The largest absolute Gasteiger partial charge is 0.480 e. The van der Waals surface area contributed by atoms with Crippen LogP contribution in [0.3, 0.4) is 0 Å². The summed E-state index contributed by atoms with van der Waals surface area (Å²) >= 11 is 0. The number of carbonyl (C=O) groups excluding carboxylic acids is 3. The maximum atomic E-state index is 9.99. The van der Waals surface area contributed by atoms with Crippen LogP contribution in [0.1, 0.15) is 19.3 Å². The number of rotatable bonds is 10. The van der Waals surface area contributed by atoms with Gasteiger partial charge in [-0.2, -0.15) is 0 Å². The SMILES string of the molecule is NC(=O)C[C@H](N)C(=O)O.NC(=O)C[C@H](N)C(=O)O.NC(=O)C[C@H](N)C(=O)O.NCC(=O)O. The van der Waals surface area contributed by atoms with Gasteiger partial charge in [0.25, 0.3) is 0 Å². The van der Waals surface area contributed by atoms with Crippen LogP contribution in [0.15, 0.2) is 0 Å². The molecule has 0 radical (unpaired) electrons. The monoisotopic (exact) mass is 471 g/mol. The van der Waals surface area contributed by atoms with Crippen LogP contribution in [0.4, 0.5) is 0 Å². The number of carbonyl (C=O) groups is 7. The number of amides is 3. The Morgan fingerprint density at radius 2 is 0.688 bits per heavy atom. The smallest absolute Gasteiger partial charge is 0.321 e. The van der Waals surface area contributed by atoms with Gasteiger partial charge in [-0.3, -0.25) is 33.6 Å². The summed E-state index contributed by atoms with van der Waals surface area (Å²) in [6.45, 7) is -0.278. The van der Waals surface area contributed by atoms with Crippen LogP contribution in [-0.4, -0.2) is 86.7 Å². The fourth-order valence-electron chi connectivity index (χ4n) is 0.912. The Bertz CT molecular complexity index is 581. The lowest BCUT2D eigenvalue weighted by Gasteiger charge is -1.99. The molecule has 0 spiro atoms. The summed E-state index contributed by atoms with van der Waals surface area (Å²) in [5.74, 6) is -6.72. The minimum atomic E-state index is -1.21. The van der Waals surface area contributed by atoms with Crippen LogP contribution < -0.4 is 40.1 Å². The van der Waals surface area contributed by atoms with Gasteiger partial charge in [0.1, 0.15) is 18.1 Å². The molecule has 0 heterocycles. The molecule has 0 aromatic rings. The van der Waals surface area contributed by atoms with Crippen LogP contribution in [0.5, 0.6) is 0 Å². The maximum Gasteiger partial charge on any atom is 0.321 e. The normalized spacial score (nSPS) is 11.8. The van der Waals surface area contributed by atoms with E-state index in [0.717, 1.165) is 0 Å². The number of hydrogen-bond donors (Lipinski definition) is 11. The van der Waals surface area contributed by atoms with Crippen molar-refractivity contribution in [3.63, 3.8) is 0 Å². The van der Waals surface area contributed by atoms with Crippen LogP contribution in [-0.2, 0) is 33.6 Å². The highest BCUT2D eigenvalue weighted by molar-refractivity contribution is 5.84. The Hall–Kier alpha value is -3.87. The highest BCUT2D eigenvalue weighted by Crippen LogP contribution is 1.85. The van der Waals surface area contributed by atoms with Gasteiger partial charge in [0.15, 0.2) is 0 Å². The Labute approximate surface area is 180 Å². The van der Waals surface area contributed by atoms with E-state index in [1.807, 2.05) is 0 Å². The third-order valence-electron chi connectivity index (χ3n) is 2.39. The molecule has 0 aliphatic rings. The summed E-state index contributed by atoms with van der Waals surface area (Å²) in [6.07, 6.45) is -0.931. The number of carboxylic acid groups (broad SMARTS) is 4. The number of primary amides is 3. The molecule has 0 bridgehead atoms. The molecule has 0 saturated carbocycles. The molecular formula is C14H29N7O11. The van der Waals surface area contributed by atoms with Gasteiger partial charge in [0.05, 0.1) is 25.8 Å². The van der Waals surface area contributed by atoms with Crippen molar-refractivity contribution in [3.8, 4) is 0 Å². The van der Waals surface area contributed by atoms with Gasteiger partial charge in [0.2, 0.25) is 17.7 Å². The van der Waals surface area contributed by atoms with Gasteiger partial charge in [-0.15, -0.1) is 0 Å². The van der Waals surface area contributed by atoms with Crippen molar-refractivity contribution in [2.45, 2.75) is 37.4 Å². The average molecular weight is 471 g/mol. The number of hydrogen-bond acceptors (Lipinski definition) is 11. The average Bonchev–Trinajstić information content (AvgIpc) is 2.61. The zero-order valence-corrected chi connectivity index (χ0v) is 16.7. The van der Waals surface area contributed by atoms with Crippen LogP contribution in [0.2, 0.25) is 0 Å². The van der Waals surface area contributed by atoms with E-state index in [2.05, 4.69) is 22.9 Å². The van der Waals surface area contributed by atoms with E-state index < -0.39 is 59.7 Å². The lowest BCUT2D eigenvalue weighted by atomic mass is 10.2. The highest BCUT2D eigenvalue weighted by atomic mass is 16.4. The van der Waals surface area contributed by atoms with Crippen molar-refractivity contribution in [2.75, 3.05) is 6.54 Å². The molecule has 18 N–H and O–H groups in total. The van der Waals surface area contributed by atoms with Gasteiger partial charge in [0, 0.05) is 0 Å². The molecule has 0 aliphatic heterocycles. The zero-order valence-electron chi connectivity index (χ0n) is 16.7. The first kappa shape index (κ1) is 35.6. The summed E-state index contributed by atoms with van der Waals surface area (Å²) < 4.78 is 0. The minimum absolute atomic E-state index is 0.278. The number of nitrogens with two attached hydrogens (primary N) is 7. The van der Waals surface area contributed by atoms with Crippen LogP contribution in [0.25, 0.3) is 0 Å². The van der Waals surface area contributed by atoms with E-state index >= 15 is 0 Å². The molecule has 18 nitrogen and oxygen atoms in total. The molecule has 3 amide bonds. The first-order chi connectivity index (χ1) is 14.4. The molecule has 0 fully saturated rings. The Morgan fingerprint density at radius 1 is 0.531 bits per heavy atom. The van der Waals surface area contributed by atoms with E-state index in [9.17, 15) is 33.6 Å². The van der Waals surface area contributed by atoms with Crippen molar-refractivity contribution in [1.82, 2.24) is 0 Å². The zero-order chi connectivity index (χ0) is 26.6. The Balaban J connectivity index is -0.000000167. The fourth-order valence-corrected chi connectivity index (χ4v) is 0.912. The Kier molecular flexibility index (Phi) is 22.7. The molecule has 0 unspecified atom stereocenters. The quantitative estimate of drug-likeness (QED) is 0.141. The summed E-state index contributed by atoms with van der Waals surface area (Å²) in [6, 6.07) is -3.49. The van der Waals surface area contributed by atoms with E-state index in [1.165, 1.54) is 0 Å². The predicted molar refractivity (Wildman–Crippen MR) is 105 cm³/mol. The molecule has 0 rings (SSSR count). The van der Waals surface area contributed by atoms with Gasteiger partial charge in [-0.25, -0.2) is 0 Å². The van der Waals surface area contributed by atoms with Gasteiger partial charge >= 0.3 is 23.9 Å². The minimum Gasteiger partial charge on any atom is -0.480 e. The predicted octanol–water partition coefficient (Wildman–Crippen LogP) is -6.15. The highest BCUT2D eigenvalue weighted by Gasteiger charge is 2.14. The lowest BCUT2D eigenvalue weighted by molar-refractivity contribution is -0.140.